The number of piperidine rings is 1. The highest BCUT2D eigenvalue weighted by molar-refractivity contribution is 5.96. The highest BCUT2D eigenvalue weighted by Crippen LogP contribution is 2.21. The summed E-state index contributed by atoms with van der Waals surface area (Å²) in [6, 6.07) is 4.07. The van der Waals surface area contributed by atoms with Crippen molar-refractivity contribution in [3.63, 3.8) is 0 Å². The van der Waals surface area contributed by atoms with E-state index in [9.17, 15) is 9.59 Å². The molecule has 1 fully saturated rings. The van der Waals surface area contributed by atoms with Gasteiger partial charge in [-0.15, -0.1) is 0 Å². The number of hydrogen-bond donors (Lipinski definition) is 2. The topological polar surface area (TPSA) is 70.7 Å². The van der Waals surface area contributed by atoms with E-state index in [4.69, 9.17) is 4.74 Å². The minimum atomic E-state index is -0.205. The predicted molar refractivity (Wildman–Crippen MR) is 103 cm³/mol. The lowest BCUT2D eigenvalue weighted by molar-refractivity contribution is -0.125. The number of amides is 2. The molecule has 1 aliphatic heterocycles. The van der Waals surface area contributed by atoms with Crippen LogP contribution in [0, 0.1) is 20.8 Å². The van der Waals surface area contributed by atoms with Gasteiger partial charge in [-0.05, 0) is 51.7 Å². The van der Waals surface area contributed by atoms with E-state index in [1.165, 1.54) is 5.56 Å². The number of nitrogens with zero attached hydrogens (tertiary/aromatic N) is 1. The Bertz CT molecular complexity index is 614. The third kappa shape index (κ3) is 6.11. The van der Waals surface area contributed by atoms with Crippen molar-refractivity contribution in [1.29, 1.82) is 0 Å². The van der Waals surface area contributed by atoms with E-state index in [1.54, 1.807) is 0 Å². The molecule has 0 aromatic heterocycles. The number of hydrogen-bond acceptors (Lipinski definition) is 4. The monoisotopic (exact) mass is 361 g/mol. The molecule has 0 unspecified atom stereocenters. The zero-order valence-electron chi connectivity index (χ0n) is 16.4. The van der Waals surface area contributed by atoms with Crippen molar-refractivity contribution in [1.82, 2.24) is 10.2 Å². The van der Waals surface area contributed by atoms with Crippen LogP contribution in [0.2, 0.25) is 0 Å². The number of likely N-dealkylation sites (tertiary alicyclic amines) is 1. The number of benzene rings is 1. The fourth-order valence-corrected chi connectivity index (χ4v) is 3.47. The third-order valence-electron chi connectivity index (χ3n) is 4.69. The van der Waals surface area contributed by atoms with Crippen molar-refractivity contribution in [3.05, 3.63) is 28.8 Å². The lowest BCUT2D eigenvalue weighted by atomic mass is 10.1. The quantitative estimate of drug-likeness (QED) is 0.781. The average molecular weight is 361 g/mol. The van der Waals surface area contributed by atoms with E-state index < -0.39 is 0 Å². The smallest absolute Gasteiger partial charge is 0.243 e. The standard InChI is InChI=1S/C20H31N3O3/c1-5-26-17-6-8-23(9-7-17)13-19(25)21-12-18(24)22-20-15(3)10-14(2)11-16(20)4/h10-11,17H,5-9,12-13H2,1-4H3,(H,21,25)(H,22,24). The minimum Gasteiger partial charge on any atom is -0.378 e. The zero-order valence-corrected chi connectivity index (χ0v) is 16.4. The van der Waals surface area contributed by atoms with Gasteiger partial charge >= 0.3 is 0 Å². The van der Waals surface area contributed by atoms with Crippen molar-refractivity contribution in [3.8, 4) is 0 Å². The fraction of sp³-hybridized carbons (Fsp3) is 0.600. The molecule has 0 saturated carbocycles. The Morgan fingerprint density at radius 1 is 1.12 bits per heavy atom. The highest BCUT2D eigenvalue weighted by atomic mass is 16.5. The van der Waals surface area contributed by atoms with Gasteiger partial charge in [-0.2, -0.15) is 0 Å². The number of nitrogens with one attached hydrogen (secondary N) is 2. The normalized spacial score (nSPS) is 15.7. The van der Waals surface area contributed by atoms with E-state index >= 15 is 0 Å². The summed E-state index contributed by atoms with van der Waals surface area (Å²) in [4.78, 5) is 26.4. The van der Waals surface area contributed by atoms with Gasteiger partial charge in [-0.25, -0.2) is 0 Å². The van der Waals surface area contributed by atoms with Crippen LogP contribution in [0.1, 0.15) is 36.5 Å². The molecule has 1 aliphatic rings. The van der Waals surface area contributed by atoms with E-state index in [2.05, 4.69) is 15.5 Å². The largest absolute Gasteiger partial charge is 0.378 e. The van der Waals surface area contributed by atoms with Gasteiger partial charge in [0.15, 0.2) is 0 Å². The molecule has 0 radical (unpaired) electrons. The second kappa shape index (κ2) is 9.69. The first-order chi connectivity index (χ1) is 12.4. The summed E-state index contributed by atoms with van der Waals surface area (Å²) in [6.07, 6.45) is 2.22. The van der Waals surface area contributed by atoms with Gasteiger partial charge in [0.1, 0.15) is 0 Å². The van der Waals surface area contributed by atoms with Crippen LogP contribution in [0.25, 0.3) is 0 Å². The number of anilines is 1. The van der Waals surface area contributed by atoms with Gasteiger partial charge in [-0.3, -0.25) is 14.5 Å². The van der Waals surface area contributed by atoms with Crippen LogP contribution in [-0.4, -0.2) is 55.6 Å². The SMILES string of the molecule is CCOC1CCN(CC(=O)NCC(=O)Nc2c(C)cc(C)cc2C)CC1. The molecule has 1 aromatic carbocycles. The summed E-state index contributed by atoms with van der Waals surface area (Å²) in [7, 11) is 0. The average Bonchev–Trinajstić information content (AvgIpc) is 2.58. The molecule has 0 spiro atoms. The lowest BCUT2D eigenvalue weighted by Gasteiger charge is -2.31. The van der Waals surface area contributed by atoms with Crippen molar-refractivity contribution in [2.75, 3.05) is 38.1 Å². The second-order valence-corrected chi connectivity index (χ2v) is 7.03. The van der Waals surface area contributed by atoms with Gasteiger partial charge in [0.25, 0.3) is 0 Å². The maximum Gasteiger partial charge on any atom is 0.243 e. The fourth-order valence-electron chi connectivity index (χ4n) is 3.47. The van der Waals surface area contributed by atoms with Gasteiger partial charge in [0.2, 0.25) is 11.8 Å². The van der Waals surface area contributed by atoms with E-state index in [1.807, 2.05) is 39.8 Å². The Balaban J connectivity index is 1.73. The summed E-state index contributed by atoms with van der Waals surface area (Å²) >= 11 is 0. The Morgan fingerprint density at radius 3 is 2.31 bits per heavy atom. The van der Waals surface area contributed by atoms with Crippen LogP contribution >= 0.6 is 0 Å². The summed E-state index contributed by atoms with van der Waals surface area (Å²) in [5.41, 5.74) is 4.05. The summed E-state index contributed by atoms with van der Waals surface area (Å²) in [6.45, 7) is 10.7. The molecule has 2 amide bonds. The van der Waals surface area contributed by atoms with Crippen LogP contribution in [-0.2, 0) is 14.3 Å². The molecule has 1 heterocycles. The van der Waals surface area contributed by atoms with Crippen molar-refractivity contribution >= 4 is 17.5 Å². The van der Waals surface area contributed by atoms with Crippen LogP contribution in [0.3, 0.4) is 0 Å². The Labute approximate surface area is 156 Å². The number of rotatable bonds is 7. The van der Waals surface area contributed by atoms with Crippen LogP contribution < -0.4 is 10.6 Å². The van der Waals surface area contributed by atoms with E-state index in [0.29, 0.717) is 12.6 Å². The molecule has 6 heteroatoms. The van der Waals surface area contributed by atoms with E-state index in [-0.39, 0.29) is 18.4 Å². The molecule has 6 nitrogen and oxygen atoms in total. The van der Waals surface area contributed by atoms with Gasteiger partial charge in [-0.1, -0.05) is 17.7 Å². The van der Waals surface area contributed by atoms with Gasteiger partial charge < -0.3 is 15.4 Å². The Morgan fingerprint density at radius 2 is 1.73 bits per heavy atom. The van der Waals surface area contributed by atoms with Crippen LogP contribution in [0.15, 0.2) is 12.1 Å². The maximum absolute atomic E-state index is 12.2. The van der Waals surface area contributed by atoms with Crippen LogP contribution in [0.4, 0.5) is 5.69 Å². The number of carbonyl (C=O) groups excluding carboxylic acids is 2. The first-order valence-electron chi connectivity index (χ1n) is 9.37. The van der Waals surface area contributed by atoms with Crippen molar-refractivity contribution in [2.24, 2.45) is 0 Å². The third-order valence-corrected chi connectivity index (χ3v) is 4.69. The predicted octanol–water partition coefficient (Wildman–Crippen LogP) is 2.17. The molecule has 1 saturated heterocycles. The molecule has 26 heavy (non-hydrogen) atoms. The minimum absolute atomic E-state index is 0.0129. The molecule has 0 bridgehead atoms. The molecule has 2 rings (SSSR count). The Kier molecular flexibility index (Phi) is 7.60. The molecule has 2 N–H and O–H groups in total. The summed E-state index contributed by atoms with van der Waals surface area (Å²) < 4.78 is 5.62. The van der Waals surface area contributed by atoms with Crippen molar-refractivity contribution < 1.29 is 14.3 Å². The molecule has 0 atom stereocenters. The lowest BCUT2D eigenvalue weighted by Crippen LogP contribution is -2.44. The molecular formula is C20H31N3O3. The number of aryl methyl sites for hydroxylation is 3. The number of ether oxygens (including phenoxy) is 1. The zero-order chi connectivity index (χ0) is 19.1. The summed E-state index contributed by atoms with van der Waals surface area (Å²) in [5.74, 6) is -0.323. The van der Waals surface area contributed by atoms with E-state index in [0.717, 1.165) is 49.4 Å². The first kappa shape index (κ1) is 20.4. The molecule has 144 valence electrons. The Hall–Kier alpha value is -1.92. The molecule has 1 aromatic rings. The van der Waals surface area contributed by atoms with Gasteiger partial charge in [0.05, 0.1) is 19.2 Å². The number of carbonyl (C=O) groups is 2. The molecular weight excluding hydrogens is 330 g/mol. The highest BCUT2D eigenvalue weighted by Gasteiger charge is 2.21. The van der Waals surface area contributed by atoms with Gasteiger partial charge in [0, 0.05) is 25.4 Å². The summed E-state index contributed by atoms with van der Waals surface area (Å²) in [5, 5.41) is 5.61. The first-order valence-corrected chi connectivity index (χ1v) is 9.37. The maximum atomic E-state index is 12.2. The molecule has 0 aliphatic carbocycles. The second-order valence-electron chi connectivity index (χ2n) is 7.03. The van der Waals surface area contributed by atoms with Crippen molar-refractivity contribution in [2.45, 2.75) is 46.6 Å². The van der Waals surface area contributed by atoms with Crippen LogP contribution in [0.5, 0.6) is 0 Å².